The third-order valence-electron chi connectivity index (χ3n) is 3.41. The molecule has 0 atom stereocenters. The quantitative estimate of drug-likeness (QED) is 0.553. The van der Waals surface area contributed by atoms with E-state index in [0.29, 0.717) is 11.4 Å². The van der Waals surface area contributed by atoms with Crippen LogP contribution in [0.15, 0.2) is 53.4 Å². The average Bonchev–Trinajstić information content (AvgIpc) is 2.56. The van der Waals surface area contributed by atoms with E-state index in [-0.39, 0.29) is 17.5 Å². The molecule has 0 amide bonds. The Balaban J connectivity index is 2.44. The van der Waals surface area contributed by atoms with E-state index in [4.69, 9.17) is 4.74 Å². The Kier molecular flexibility index (Phi) is 5.63. The second-order valence-corrected chi connectivity index (χ2v) is 7.39. The summed E-state index contributed by atoms with van der Waals surface area (Å²) >= 11 is 0. The molecule has 134 valence electrons. The lowest BCUT2D eigenvalue weighted by molar-refractivity contribution is -0.387. The van der Waals surface area contributed by atoms with Crippen LogP contribution in [0.5, 0.6) is 5.75 Å². The van der Waals surface area contributed by atoms with Crippen LogP contribution >= 0.6 is 0 Å². The zero-order chi connectivity index (χ0) is 18.6. The van der Waals surface area contributed by atoms with Crippen LogP contribution < -0.4 is 9.04 Å². The molecule has 0 spiro atoms. The fourth-order valence-corrected chi connectivity index (χ4v) is 4.03. The summed E-state index contributed by atoms with van der Waals surface area (Å²) in [6.07, 6.45) is 0.00355. The second kappa shape index (κ2) is 7.52. The van der Waals surface area contributed by atoms with Gasteiger partial charge in [0.05, 0.1) is 16.7 Å². The van der Waals surface area contributed by atoms with Crippen molar-refractivity contribution in [1.82, 2.24) is 0 Å². The fourth-order valence-electron chi connectivity index (χ4n) is 2.40. The Morgan fingerprint density at radius 1 is 1.12 bits per heavy atom. The predicted octanol–water partition coefficient (Wildman–Crippen LogP) is 3.60. The van der Waals surface area contributed by atoms with Crippen LogP contribution in [0.25, 0.3) is 0 Å². The number of nitro groups is 1. The van der Waals surface area contributed by atoms with Gasteiger partial charge in [0.25, 0.3) is 15.7 Å². The zero-order valence-corrected chi connectivity index (χ0v) is 15.1. The number of nitrogens with zero attached hydrogens (tertiary/aromatic N) is 2. The lowest BCUT2D eigenvalue weighted by atomic mass is 10.3. The normalized spacial score (nSPS) is 11.4. The Morgan fingerprint density at radius 3 is 2.24 bits per heavy atom. The molecule has 7 nitrogen and oxygen atoms in total. The van der Waals surface area contributed by atoms with Crippen LogP contribution in [0.1, 0.15) is 20.8 Å². The Hall–Kier alpha value is -2.61. The molecule has 0 heterocycles. The molecule has 0 aliphatic carbocycles. The van der Waals surface area contributed by atoms with Crippen molar-refractivity contribution in [3.8, 4) is 5.75 Å². The SMILES string of the molecule is CCN(c1ccc(OC(C)C)cc1)S(=O)(=O)c1ccccc1[N+](=O)[O-]. The number of ether oxygens (including phenoxy) is 1. The number of hydrogen-bond donors (Lipinski definition) is 0. The van der Waals surface area contributed by atoms with E-state index in [2.05, 4.69) is 0 Å². The molecule has 2 aromatic carbocycles. The minimum atomic E-state index is -4.06. The van der Waals surface area contributed by atoms with Crippen LogP contribution in [0.3, 0.4) is 0 Å². The summed E-state index contributed by atoms with van der Waals surface area (Å²) in [4.78, 5) is 10.1. The number of benzene rings is 2. The first-order chi connectivity index (χ1) is 11.8. The van der Waals surface area contributed by atoms with Crippen molar-refractivity contribution < 1.29 is 18.1 Å². The van der Waals surface area contributed by atoms with Gasteiger partial charge in [-0.25, -0.2) is 8.42 Å². The molecule has 2 rings (SSSR count). The molecule has 0 saturated heterocycles. The van der Waals surface area contributed by atoms with Gasteiger partial charge < -0.3 is 4.74 Å². The van der Waals surface area contributed by atoms with Crippen LogP contribution in [0.4, 0.5) is 11.4 Å². The van der Waals surface area contributed by atoms with Crippen molar-refractivity contribution in [2.24, 2.45) is 0 Å². The molecule has 0 aromatic heterocycles. The van der Waals surface area contributed by atoms with Gasteiger partial charge in [-0.15, -0.1) is 0 Å². The van der Waals surface area contributed by atoms with Gasteiger partial charge >= 0.3 is 0 Å². The maximum Gasteiger partial charge on any atom is 0.289 e. The van der Waals surface area contributed by atoms with Crippen molar-refractivity contribution in [2.75, 3.05) is 10.8 Å². The summed E-state index contributed by atoms with van der Waals surface area (Å²) in [7, 11) is -4.06. The third-order valence-corrected chi connectivity index (χ3v) is 5.36. The largest absolute Gasteiger partial charge is 0.491 e. The standard InChI is InChI=1S/C17H20N2O5S/c1-4-18(14-9-11-15(12-10-14)24-13(2)3)25(22,23)17-8-6-5-7-16(17)19(20)21/h5-13H,4H2,1-3H3. The van der Waals surface area contributed by atoms with Crippen molar-refractivity contribution in [1.29, 1.82) is 0 Å². The van der Waals surface area contributed by atoms with Crippen molar-refractivity contribution in [3.05, 3.63) is 58.6 Å². The minimum absolute atomic E-state index is 0.00355. The van der Waals surface area contributed by atoms with Gasteiger partial charge in [-0.3, -0.25) is 14.4 Å². The molecule has 0 bridgehead atoms. The predicted molar refractivity (Wildman–Crippen MR) is 95.5 cm³/mol. The molecular formula is C17H20N2O5S. The average molecular weight is 364 g/mol. The summed E-state index contributed by atoms with van der Waals surface area (Å²) in [5.74, 6) is 0.623. The van der Waals surface area contributed by atoms with Gasteiger partial charge in [-0.05, 0) is 51.1 Å². The topological polar surface area (TPSA) is 89.8 Å². The monoisotopic (exact) mass is 364 g/mol. The molecular weight excluding hydrogens is 344 g/mol. The van der Waals surface area contributed by atoms with Gasteiger partial charge in [0, 0.05) is 12.6 Å². The van der Waals surface area contributed by atoms with E-state index in [1.165, 1.54) is 24.3 Å². The molecule has 0 saturated carbocycles. The molecule has 25 heavy (non-hydrogen) atoms. The number of para-hydroxylation sites is 1. The highest BCUT2D eigenvalue weighted by Gasteiger charge is 2.30. The lowest BCUT2D eigenvalue weighted by Gasteiger charge is -2.23. The fraction of sp³-hybridized carbons (Fsp3) is 0.294. The molecule has 2 aromatic rings. The van der Waals surface area contributed by atoms with E-state index >= 15 is 0 Å². The summed E-state index contributed by atoms with van der Waals surface area (Å²) in [6, 6.07) is 11.9. The molecule has 0 aliphatic rings. The Morgan fingerprint density at radius 2 is 1.72 bits per heavy atom. The van der Waals surface area contributed by atoms with E-state index in [1.807, 2.05) is 13.8 Å². The van der Waals surface area contributed by atoms with Crippen LogP contribution in [0.2, 0.25) is 0 Å². The van der Waals surface area contributed by atoms with Crippen molar-refractivity contribution in [3.63, 3.8) is 0 Å². The van der Waals surface area contributed by atoms with E-state index in [1.54, 1.807) is 31.2 Å². The third kappa shape index (κ3) is 4.08. The first-order valence-electron chi connectivity index (χ1n) is 7.80. The number of rotatable bonds is 7. The van der Waals surface area contributed by atoms with Crippen molar-refractivity contribution in [2.45, 2.75) is 31.8 Å². The van der Waals surface area contributed by atoms with Gasteiger partial charge in [-0.2, -0.15) is 0 Å². The summed E-state index contributed by atoms with van der Waals surface area (Å²) in [5, 5.41) is 11.2. The smallest absolute Gasteiger partial charge is 0.289 e. The van der Waals surface area contributed by atoms with E-state index in [0.717, 1.165) is 4.31 Å². The minimum Gasteiger partial charge on any atom is -0.491 e. The van der Waals surface area contributed by atoms with Crippen LogP contribution in [0, 0.1) is 10.1 Å². The highest BCUT2D eigenvalue weighted by molar-refractivity contribution is 7.93. The number of anilines is 1. The van der Waals surface area contributed by atoms with Gasteiger partial charge in [0.2, 0.25) is 0 Å². The summed E-state index contributed by atoms with van der Waals surface area (Å²) in [6.45, 7) is 5.60. The summed E-state index contributed by atoms with van der Waals surface area (Å²) in [5.41, 5.74) is -0.0301. The summed E-state index contributed by atoms with van der Waals surface area (Å²) < 4.78 is 32.6. The van der Waals surface area contributed by atoms with Crippen LogP contribution in [-0.2, 0) is 10.0 Å². The molecule has 8 heteroatoms. The van der Waals surface area contributed by atoms with Gasteiger partial charge in [0.1, 0.15) is 5.75 Å². The van der Waals surface area contributed by atoms with E-state index < -0.39 is 20.6 Å². The zero-order valence-electron chi connectivity index (χ0n) is 14.2. The highest BCUT2D eigenvalue weighted by Crippen LogP contribution is 2.30. The number of sulfonamides is 1. The van der Waals surface area contributed by atoms with Gasteiger partial charge in [-0.1, -0.05) is 12.1 Å². The van der Waals surface area contributed by atoms with E-state index in [9.17, 15) is 18.5 Å². The van der Waals surface area contributed by atoms with Crippen LogP contribution in [-0.4, -0.2) is 26.0 Å². The molecule has 0 aliphatic heterocycles. The lowest BCUT2D eigenvalue weighted by Crippen LogP contribution is -2.31. The molecule has 0 radical (unpaired) electrons. The maximum atomic E-state index is 12.9. The first kappa shape index (κ1) is 18.7. The molecule has 0 N–H and O–H groups in total. The Bertz CT molecular complexity index is 848. The van der Waals surface area contributed by atoms with Gasteiger partial charge in [0.15, 0.2) is 4.90 Å². The Labute approximate surface area is 147 Å². The van der Waals surface area contributed by atoms with Crippen molar-refractivity contribution >= 4 is 21.4 Å². The maximum absolute atomic E-state index is 12.9. The molecule has 0 unspecified atom stereocenters. The number of hydrogen-bond acceptors (Lipinski definition) is 5. The number of nitro benzene ring substituents is 1. The molecule has 0 fully saturated rings. The first-order valence-corrected chi connectivity index (χ1v) is 9.24. The highest BCUT2D eigenvalue weighted by atomic mass is 32.2. The second-order valence-electron chi connectivity index (χ2n) is 5.56.